The van der Waals surface area contributed by atoms with Crippen LogP contribution in [0.1, 0.15) is 37.8 Å². The number of hydrogen-bond acceptors (Lipinski definition) is 5. The summed E-state index contributed by atoms with van der Waals surface area (Å²) in [6.07, 6.45) is -1.37. The molecule has 0 heterocycles. The largest absolute Gasteiger partial charge is 0.491 e. The molecule has 36 heavy (non-hydrogen) atoms. The highest BCUT2D eigenvalue weighted by molar-refractivity contribution is 5.88. The molecule has 188 valence electrons. The van der Waals surface area contributed by atoms with E-state index in [-0.39, 0.29) is 37.6 Å². The Labute approximate surface area is 211 Å². The van der Waals surface area contributed by atoms with Crippen LogP contribution >= 0.6 is 0 Å². The molecule has 1 atom stereocenters. The lowest BCUT2D eigenvalue weighted by atomic mass is 9.98. The summed E-state index contributed by atoms with van der Waals surface area (Å²) in [5.74, 6) is 0.380. The molecule has 7 nitrogen and oxygen atoms in total. The molecule has 7 heteroatoms. The van der Waals surface area contributed by atoms with Crippen molar-refractivity contribution in [3.05, 3.63) is 83.9 Å². The Balaban J connectivity index is 1.33. The molecule has 1 unspecified atom stereocenters. The van der Waals surface area contributed by atoms with E-state index in [1.807, 2.05) is 38.1 Å². The monoisotopic (exact) mass is 488 g/mol. The van der Waals surface area contributed by atoms with E-state index in [1.54, 1.807) is 24.3 Å². The number of benzene rings is 3. The summed E-state index contributed by atoms with van der Waals surface area (Å²) >= 11 is 0. The second-order valence-corrected chi connectivity index (χ2v) is 9.22. The van der Waals surface area contributed by atoms with Gasteiger partial charge in [-0.2, -0.15) is 0 Å². The molecule has 0 radical (unpaired) electrons. The van der Waals surface area contributed by atoms with Crippen molar-refractivity contribution in [3.63, 3.8) is 0 Å². The van der Waals surface area contributed by atoms with Crippen molar-refractivity contribution in [1.82, 2.24) is 4.90 Å². The van der Waals surface area contributed by atoms with Gasteiger partial charge in [0.15, 0.2) is 0 Å². The molecule has 0 saturated heterocycles. The quantitative estimate of drug-likeness (QED) is 0.440. The molecule has 0 aliphatic heterocycles. The van der Waals surface area contributed by atoms with Crippen molar-refractivity contribution in [2.75, 3.05) is 25.1 Å². The maximum absolute atomic E-state index is 13.0. The Kier molecular flexibility index (Phi) is 7.90. The summed E-state index contributed by atoms with van der Waals surface area (Å²) in [5, 5.41) is 13.3. The zero-order valence-electron chi connectivity index (χ0n) is 20.8. The maximum atomic E-state index is 13.0. The summed E-state index contributed by atoms with van der Waals surface area (Å²) in [5.41, 5.74) is 5.32. The van der Waals surface area contributed by atoms with Crippen molar-refractivity contribution in [1.29, 1.82) is 0 Å². The van der Waals surface area contributed by atoms with Crippen LogP contribution in [0.25, 0.3) is 11.1 Å². The lowest BCUT2D eigenvalue weighted by molar-refractivity contribution is -0.114. The molecule has 2 amide bonds. The zero-order chi connectivity index (χ0) is 25.7. The maximum Gasteiger partial charge on any atom is 0.410 e. The Hall–Kier alpha value is -3.84. The van der Waals surface area contributed by atoms with E-state index in [0.717, 1.165) is 11.1 Å². The molecule has 0 aromatic heterocycles. The van der Waals surface area contributed by atoms with Crippen LogP contribution in [0.15, 0.2) is 72.8 Å². The minimum atomic E-state index is -0.900. The Morgan fingerprint density at radius 1 is 0.944 bits per heavy atom. The minimum absolute atomic E-state index is 0.0133. The lowest BCUT2D eigenvalue weighted by Gasteiger charge is -2.29. The summed E-state index contributed by atoms with van der Waals surface area (Å²) in [6.45, 7) is 5.53. The van der Waals surface area contributed by atoms with E-state index in [9.17, 15) is 14.7 Å². The number of carbonyl (C=O) groups excluding carboxylic acids is 2. The first kappa shape index (κ1) is 25.3. The number of carbonyl (C=O) groups is 2. The van der Waals surface area contributed by atoms with Gasteiger partial charge in [-0.3, -0.25) is 4.79 Å². The van der Waals surface area contributed by atoms with E-state index in [0.29, 0.717) is 11.4 Å². The highest BCUT2D eigenvalue weighted by atomic mass is 16.6. The number of fused-ring (bicyclic) bond motifs is 3. The third kappa shape index (κ3) is 5.86. The number of nitrogens with zero attached hydrogens (tertiary/aromatic N) is 1. The van der Waals surface area contributed by atoms with Gasteiger partial charge in [0, 0.05) is 24.6 Å². The number of rotatable bonds is 9. The van der Waals surface area contributed by atoms with Crippen LogP contribution in [0.5, 0.6) is 5.75 Å². The first-order valence-electron chi connectivity index (χ1n) is 12.1. The fraction of sp³-hybridized carbons (Fsp3) is 0.310. The van der Waals surface area contributed by atoms with Crippen LogP contribution in [0, 0.1) is 0 Å². The molecule has 0 bridgehead atoms. The van der Waals surface area contributed by atoms with Crippen molar-refractivity contribution < 1.29 is 24.2 Å². The number of ether oxygens (including phenoxy) is 2. The second kappa shape index (κ2) is 11.3. The summed E-state index contributed by atoms with van der Waals surface area (Å²) in [4.78, 5) is 25.7. The first-order valence-corrected chi connectivity index (χ1v) is 12.1. The molecular formula is C29H32N2O5. The summed E-state index contributed by atoms with van der Waals surface area (Å²) in [6, 6.07) is 23.1. The highest BCUT2D eigenvalue weighted by Gasteiger charge is 2.30. The molecule has 2 N–H and O–H groups in total. The molecule has 3 aromatic rings. The highest BCUT2D eigenvalue weighted by Crippen LogP contribution is 2.44. The first-order chi connectivity index (χ1) is 17.3. The second-order valence-electron chi connectivity index (χ2n) is 9.22. The van der Waals surface area contributed by atoms with Gasteiger partial charge in [-0.15, -0.1) is 0 Å². The van der Waals surface area contributed by atoms with Gasteiger partial charge in [0.2, 0.25) is 5.91 Å². The molecule has 0 saturated carbocycles. The fourth-order valence-corrected chi connectivity index (χ4v) is 4.48. The number of amides is 2. The summed E-state index contributed by atoms with van der Waals surface area (Å²) < 4.78 is 11.4. The molecule has 4 rings (SSSR count). The van der Waals surface area contributed by atoms with Crippen molar-refractivity contribution in [2.24, 2.45) is 0 Å². The normalized spacial score (nSPS) is 13.0. The number of aliphatic hydroxyl groups is 1. The number of anilines is 1. The Bertz CT molecular complexity index is 1160. The van der Waals surface area contributed by atoms with E-state index < -0.39 is 12.2 Å². The van der Waals surface area contributed by atoms with Crippen molar-refractivity contribution in [3.8, 4) is 16.9 Å². The van der Waals surface area contributed by atoms with Gasteiger partial charge >= 0.3 is 6.09 Å². The minimum Gasteiger partial charge on any atom is -0.491 e. The molecule has 1 aliphatic carbocycles. The topological polar surface area (TPSA) is 88.1 Å². The van der Waals surface area contributed by atoms with Gasteiger partial charge in [-0.25, -0.2) is 4.79 Å². The lowest BCUT2D eigenvalue weighted by Crippen LogP contribution is -2.44. The van der Waals surface area contributed by atoms with Gasteiger partial charge in [-0.05, 0) is 60.4 Å². The van der Waals surface area contributed by atoms with Crippen molar-refractivity contribution >= 4 is 17.7 Å². The van der Waals surface area contributed by atoms with Crippen molar-refractivity contribution in [2.45, 2.75) is 38.8 Å². The summed E-state index contributed by atoms with van der Waals surface area (Å²) in [7, 11) is 0. The number of hydrogen-bond donors (Lipinski definition) is 2. The van der Waals surface area contributed by atoms with Crippen LogP contribution in [0.2, 0.25) is 0 Å². The van der Waals surface area contributed by atoms with Crippen LogP contribution in [-0.4, -0.2) is 53.9 Å². The standard InChI is InChI=1S/C29H32N2O5/c1-19(2)31(16-22(33)17-35-23-14-12-21(13-15-23)30-20(3)32)29(34)36-18-28-26-10-6-4-8-24(26)25-9-5-7-11-27(25)28/h4-15,19,22,28,33H,16-18H2,1-3H3,(H,30,32). The Morgan fingerprint density at radius 2 is 1.53 bits per heavy atom. The van der Waals surface area contributed by atoms with Gasteiger partial charge in [0.25, 0.3) is 0 Å². The molecular weight excluding hydrogens is 456 g/mol. The third-order valence-electron chi connectivity index (χ3n) is 6.22. The smallest absolute Gasteiger partial charge is 0.410 e. The third-order valence-corrected chi connectivity index (χ3v) is 6.22. The zero-order valence-corrected chi connectivity index (χ0v) is 20.8. The average Bonchev–Trinajstić information content (AvgIpc) is 3.18. The van der Waals surface area contributed by atoms with Gasteiger partial charge in [0.1, 0.15) is 25.1 Å². The van der Waals surface area contributed by atoms with Crippen LogP contribution in [0.4, 0.5) is 10.5 Å². The fourth-order valence-electron chi connectivity index (χ4n) is 4.48. The van der Waals surface area contributed by atoms with E-state index in [2.05, 4.69) is 29.6 Å². The average molecular weight is 489 g/mol. The predicted molar refractivity (Wildman–Crippen MR) is 139 cm³/mol. The molecule has 3 aromatic carbocycles. The van der Waals surface area contributed by atoms with Crippen LogP contribution in [0.3, 0.4) is 0 Å². The van der Waals surface area contributed by atoms with Crippen LogP contribution < -0.4 is 10.1 Å². The van der Waals surface area contributed by atoms with E-state index in [1.165, 1.54) is 23.0 Å². The van der Waals surface area contributed by atoms with Gasteiger partial charge < -0.3 is 24.8 Å². The Morgan fingerprint density at radius 3 is 2.08 bits per heavy atom. The SMILES string of the molecule is CC(=O)Nc1ccc(OCC(O)CN(C(=O)OCC2c3ccccc3-c3ccccc32)C(C)C)cc1. The molecule has 0 spiro atoms. The van der Waals surface area contributed by atoms with E-state index in [4.69, 9.17) is 9.47 Å². The predicted octanol–water partition coefficient (Wildman–Crippen LogP) is 5.04. The van der Waals surface area contributed by atoms with Crippen LogP contribution in [-0.2, 0) is 9.53 Å². The van der Waals surface area contributed by atoms with Gasteiger partial charge in [0.05, 0.1) is 6.54 Å². The molecule has 1 aliphatic rings. The van der Waals surface area contributed by atoms with Gasteiger partial charge in [-0.1, -0.05) is 48.5 Å². The van der Waals surface area contributed by atoms with E-state index >= 15 is 0 Å². The molecule has 0 fully saturated rings. The number of nitrogens with one attached hydrogen (secondary N) is 1. The number of aliphatic hydroxyl groups excluding tert-OH is 1.